The number of hydrogen-bond acceptors (Lipinski definition) is 12. The molecular weight excluding hydrogens is 803 g/mol. The van der Waals surface area contributed by atoms with Gasteiger partial charge in [-0.05, 0) is 64.2 Å². The van der Waals surface area contributed by atoms with Gasteiger partial charge in [-0.25, -0.2) is 4.57 Å². The summed E-state index contributed by atoms with van der Waals surface area (Å²) >= 11 is 0. The fraction of sp³-hybridized carbons (Fsp3) is 0.787. The molecule has 6 unspecified atom stereocenters. The Morgan fingerprint density at radius 1 is 0.557 bits per heavy atom. The smallest absolute Gasteiger partial charge is 0.462 e. The maximum absolute atomic E-state index is 12.8. The lowest BCUT2D eigenvalue weighted by atomic mass is 9.85. The summed E-state index contributed by atoms with van der Waals surface area (Å²) in [4.78, 5) is 35.7. The summed E-state index contributed by atoms with van der Waals surface area (Å²) in [6.45, 7) is 4.78. The van der Waals surface area contributed by atoms with E-state index in [0.29, 0.717) is 12.8 Å². The zero-order chi connectivity index (χ0) is 45.0. The Morgan fingerprint density at radius 3 is 1.46 bits per heavy atom. The van der Waals surface area contributed by atoms with Crippen LogP contribution in [0.5, 0.6) is 0 Å². The van der Waals surface area contributed by atoms with Gasteiger partial charge in [0.1, 0.15) is 43.2 Å². The van der Waals surface area contributed by atoms with E-state index in [2.05, 4.69) is 50.0 Å². The third kappa shape index (κ3) is 29.7. The summed E-state index contributed by atoms with van der Waals surface area (Å²) in [5, 5.41) is 50.1. The molecule has 0 spiro atoms. The van der Waals surface area contributed by atoms with E-state index in [4.69, 9.17) is 18.5 Å². The Balaban J connectivity index is 2.46. The maximum Gasteiger partial charge on any atom is 0.472 e. The highest BCUT2D eigenvalue weighted by molar-refractivity contribution is 7.47. The summed E-state index contributed by atoms with van der Waals surface area (Å²) in [5.41, 5.74) is 0. The first-order valence-electron chi connectivity index (χ1n) is 23.4. The predicted octanol–water partition coefficient (Wildman–Crippen LogP) is 9.17. The van der Waals surface area contributed by atoms with E-state index in [1.165, 1.54) is 70.6 Å². The number of carbonyl (C=O) groups is 2. The largest absolute Gasteiger partial charge is 0.472 e. The normalized spacial score (nSPS) is 22.2. The van der Waals surface area contributed by atoms with Gasteiger partial charge >= 0.3 is 19.8 Å². The Kier molecular flexibility index (Phi) is 34.7. The number of ether oxygens (including phenoxy) is 2. The molecule has 8 atom stereocenters. The Hall–Kier alpha value is -2.19. The molecule has 13 nitrogen and oxygen atoms in total. The Bertz CT molecular complexity index is 1240. The lowest BCUT2D eigenvalue weighted by molar-refractivity contribution is -0.220. The van der Waals surface area contributed by atoms with Crippen LogP contribution in [-0.4, -0.2) is 98.3 Å². The summed E-state index contributed by atoms with van der Waals surface area (Å²) in [6, 6.07) is 0. The Labute approximate surface area is 367 Å². The van der Waals surface area contributed by atoms with E-state index < -0.39 is 75.7 Å². The van der Waals surface area contributed by atoms with Crippen molar-refractivity contribution in [2.75, 3.05) is 13.2 Å². The molecule has 6 N–H and O–H groups in total. The minimum absolute atomic E-state index is 0.0891. The van der Waals surface area contributed by atoms with Crippen LogP contribution in [0, 0.1) is 0 Å². The maximum atomic E-state index is 12.8. The van der Waals surface area contributed by atoms with E-state index in [1.54, 1.807) is 0 Å². The Morgan fingerprint density at radius 2 is 0.967 bits per heavy atom. The summed E-state index contributed by atoms with van der Waals surface area (Å²) in [7, 11) is -5.12. The topological polar surface area (TPSA) is 210 Å². The van der Waals surface area contributed by atoms with Crippen LogP contribution in [0.2, 0.25) is 0 Å². The molecule has 0 saturated heterocycles. The first kappa shape index (κ1) is 56.8. The lowest BCUT2D eigenvalue weighted by Gasteiger charge is -2.41. The molecule has 1 saturated carbocycles. The van der Waals surface area contributed by atoms with Crippen LogP contribution in [0.25, 0.3) is 0 Å². The van der Waals surface area contributed by atoms with E-state index in [9.17, 15) is 44.6 Å². The second-order valence-corrected chi connectivity index (χ2v) is 17.7. The highest BCUT2D eigenvalue weighted by atomic mass is 31.2. The SMILES string of the molecule is C=CCCCCCCCCCCCCCCCC(=O)O[C@@H](COC(=O)CCCCCC/C=C/C/C=C/C/C=C/CCCCC)COP(=O)(O)OC1C(O)C(O)C(O)[C@H](O)C1O. The molecule has 1 aliphatic carbocycles. The molecule has 0 aromatic heterocycles. The van der Waals surface area contributed by atoms with Crippen molar-refractivity contribution < 1.29 is 63.1 Å². The number of rotatable bonds is 39. The molecule has 0 amide bonds. The summed E-state index contributed by atoms with van der Waals surface area (Å²) < 4.78 is 33.5. The van der Waals surface area contributed by atoms with Gasteiger partial charge in [-0.15, -0.1) is 6.58 Å². The minimum Gasteiger partial charge on any atom is -0.462 e. The molecule has 1 rings (SSSR count). The van der Waals surface area contributed by atoms with E-state index in [-0.39, 0.29) is 12.8 Å². The highest BCUT2D eigenvalue weighted by Gasteiger charge is 2.51. The number of carbonyl (C=O) groups excluding carboxylic acids is 2. The van der Waals surface area contributed by atoms with Crippen molar-refractivity contribution in [2.45, 2.75) is 223 Å². The van der Waals surface area contributed by atoms with Crippen LogP contribution in [0.15, 0.2) is 49.1 Å². The van der Waals surface area contributed by atoms with Crippen LogP contribution in [-0.2, 0) is 32.7 Å². The van der Waals surface area contributed by atoms with Gasteiger partial charge in [0.2, 0.25) is 0 Å². The van der Waals surface area contributed by atoms with Gasteiger partial charge in [0.25, 0.3) is 0 Å². The molecule has 61 heavy (non-hydrogen) atoms. The molecule has 14 heteroatoms. The lowest BCUT2D eigenvalue weighted by Crippen LogP contribution is -2.64. The van der Waals surface area contributed by atoms with E-state index in [1.807, 2.05) is 6.08 Å². The average molecular weight is 887 g/mol. The second kappa shape index (κ2) is 37.2. The number of esters is 2. The molecular formula is C47H83O13P. The van der Waals surface area contributed by atoms with Crippen molar-refractivity contribution in [3.63, 3.8) is 0 Å². The highest BCUT2D eigenvalue weighted by Crippen LogP contribution is 2.47. The fourth-order valence-corrected chi connectivity index (χ4v) is 7.95. The van der Waals surface area contributed by atoms with Gasteiger partial charge in [-0.2, -0.15) is 0 Å². The van der Waals surface area contributed by atoms with Crippen molar-refractivity contribution in [2.24, 2.45) is 0 Å². The van der Waals surface area contributed by atoms with E-state index in [0.717, 1.165) is 77.0 Å². The molecule has 0 aromatic carbocycles. The second-order valence-electron chi connectivity index (χ2n) is 16.3. The van der Waals surface area contributed by atoms with Gasteiger partial charge in [0.15, 0.2) is 6.10 Å². The first-order valence-corrected chi connectivity index (χ1v) is 24.9. The van der Waals surface area contributed by atoms with Gasteiger partial charge < -0.3 is 39.9 Å². The summed E-state index contributed by atoms with van der Waals surface area (Å²) in [6.07, 6.45) is 29.1. The first-order chi connectivity index (χ1) is 29.4. The predicted molar refractivity (Wildman–Crippen MR) is 239 cm³/mol. The van der Waals surface area contributed by atoms with E-state index >= 15 is 0 Å². The van der Waals surface area contributed by atoms with Gasteiger partial charge in [-0.3, -0.25) is 18.6 Å². The molecule has 0 radical (unpaired) electrons. The number of allylic oxidation sites excluding steroid dienone is 7. The van der Waals surface area contributed by atoms with Crippen LogP contribution in [0.1, 0.15) is 180 Å². The van der Waals surface area contributed by atoms with Crippen LogP contribution >= 0.6 is 7.82 Å². The molecule has 354 valence electrons. The number of aliphatic hydroxyl groups is 5. The molecule has 0 aromatic rings. The number of unbranched alkanes of at least 4 members (excludes halogenated alkanes) is 20. The molecule has 0 heterocycles. The van der Waals surface area contributed by atoms with Crippen LogP contribution in [0.4, 0.5) is 0 Å². The molecule has 0 bridgehead atoms. The van der Waals surface area contributed by atoms with Crippen molar-refractivity contribution >= 4 is 19.8 Å². The van der Waals surface area contributed by atoms with Gasteiger partial charge in [0, 0.05) is 12.8 Å². The number of hydrogen-bond donors (Lipinski definition) is 6. The standard InChI is InChI=1S/C47H83O13P/c1-3-5-7-9-11-13-15-17-19-20-22-23-25-27-29-31-33-35-40(48)57-37-39(38-58-61(55,56)60-47-45(53)43(51)42(50)44(52)46(47)54)59-41(49)36-34-32-30-28-26-24-21-18-16-14-12-10-8-6-4-2/h4,11,13,17,19,22-23,39,42-47,50-54H,2-3,5-10,12,14-16,18,20-21,24-38H2,1H3,(H,55,56)/b13-11+,19-17+,23-22+/t39-,42?,43-,44?,45?,46?,47?/m0/s1. The third-order valence-corrected chi connectivity index (χ3v) is 11.8. The number of phosphoric ester groups is 1. The zero-order valence-corrected chi connectivity index (χ0v) is 38.2. The monoisotopic (exact) mass is 887 g/mol. The summed E-state index contributed by atoms with van der Waals surface area (Å²) in [5.74, 6) is -1.13. The average Bonchev–Trinajstić information content (AvgIpc) is 3.24. The fourth-order valence-electron chi connectivity index (χ4n) is 6.98. The van der Waals surface area contributed by atoms with Crippen molar-refractivity contribution in [1.29, 1.82) is 0 Å². The molecule has 1 aliphatic rings. The number of phosphoric acid groups is 1. The minimum atomic E-state index is -5.12. The quantitative estimate of drug-likeness (QED) is 0.0147. The van der Waals surface area contributed by atoms with Crippen molar-refractivity contribution in [1.82, 2.24) is 0 Å². The molecule has 0 aliphatic heterocycles. The number of aliphatic hydroxyl groups excluding tert-OH is 5. The van der Waals surface area contributed by atoms with Crippen LogP contribution < -0.4 is 0 Å². The van der Waals surface area contributed by atoms with Crippen molar-refractivity contribution in [3.05, 3.63) is 49.1 Å². The zero-order valence-electron chi connectivity index (χ0n) is 37.3. The van der Waals surface area contributed by atoms with Crippen molar-refractivity contribution in [3.8, 4) is 0 Å². The van der Waals surface area contributed by atoms with Gasteiger partial charge in [-0.1, -0.05) is 146 Å². The van der Waals surface area contributed by atoms with Gasteiger partial charge in [0.05, 0.1) is 6.61 Å². The molecule has 1 fully saturated rings. The van der Waals surface area contributed by atoms with Crippen LogP contribution in [0.3, 0.4) is 0 Å². The third-order valence-electron chi connectivity index (χ3n) is 10.8.